The number of aliphatic hydroxyl groups excluding tert-OH is 1. The number of oxazole rings is 1. The largest absolute Gasteiger partial charge is 0.441 e. The van der Waals surface area contributed by atoms with Crippen LogP contribution < -0.4 is 11.1 Å². The van der Waals surface area contributed by atoms with Crippen molar-refractivity contribution in [3.05, 3.63) is 57.9 Å². The third-order valence-electron chi connectivity index (χ3n) is 5.01. The van der Waals surface area contributed by atoms with Crippen molar-refractivity contribution in [2.24, 2.45) is 0 Å². The van der Waals surface area contributed by atoms with E-state index in [0.29, 0.717) is 40.9 Å². The maximum Gasteiger partial charge on any atom is 0.197 e. The van der Waals surface area contributed by atoms with Gasteiger partial charge in [-0.2, -0.15) is 0 Å². The summed E-state index contributed by atoms with van der Waals surface area (Å²) in [6.45, 7) is 2.64. The third-order valence-corrected chi connectivity index (χ3v) is 5.64. The second-order valence-corrected chi connectivity index (χ2v) is 8.28. The highest BCUT2D eigenvalue weighted by Crippen LogP contribution is 2.31. The number of nitrogens with one attached hydrogen (secondary N) is 1. The van der Waals surface area contributed by atoms with Crippen LogP contribution in [0.5, 0.6) is 0 Å². The minimum atomic E-state index is -0.676. The third kappa shape index (κ3) is 7.37. The van der Waals surface area contributed by atoms with Crippen LogP contribution in [0.15, 0.2) is 40.8 Å². The predicted molar refractivity (Wildman–Crippen MR) is 126 cm³/mol. The molecule has 8 heteroatoms. The Kier molecular flexibility index (Phi) is 9.43. The van der Waals surface area contributed by atoms with E-state index < -0.39 is 6.10 Å². The van der Waals surface area contributed by atoms with E-state index in [1.165, 1.54) is 0 Å². The molecule has 0 aliphatic rings. The van der Waals surface area contributed by atoms with Gasteiger partial charge in [-0.05, 0) is 49.2 Å². The average Bonchev–Trinajstić information content (AvgIpc) is 3.18. The molecular weight excluding hydrogens is 437 g/mol. The molecule has 3 aromatic rings. The summed E-state index contributed by atoms with van der Waals surface area (Å²) in [5.74, 6) is 0.720. The molecule has 3 rings (SSSR count). The maximum atomic E-state index is 10.3. The fraction of sp³-hybridized carbons (Fsp3) is 0.435. The highest BCUT2D eigenvalue weighted by Gasteiger charge is 2.12. The smallest absolute Gasteiger partial charge is 0.197 e. The number of nitrogen functional groups attached to an aromatic ring is 1. The minimum Gasteiger partial charge on any atom is -0.441 e. The van der Waals surface area contributed by atoms with Gasteiger partial charge in [-0.3, -0.25) is 0 Å². The van der Waals surface area contributed by atoms with Gasteiger partial charge >= 0.3 is 0 Å². The summed E-state index contributed by atoms with van der Waals surface area (Å²) in [6, 6.07) is 11.1. The number of hydrogen-bond acceptors (Lipinski definition) is 6. The number of benzene rings is 2. The van der Waals surface area contributed by atoms with Crippen LogP contribution in [0.25, 0.3) is 11.1 Å². The lowest BCUT2D eigenvalue weighted by molar-refractivity contribution is 0.129. The van der Waals surface area contributed by atoms with Gasteiger partial charge in [0.15, 0.2) is 11.5 Å². The summed E-state index contributed by atoms with van der Waals surface area (Å²) in [4.78, 5) is 4.44. The molecule has 0 radical (unpaired) electrons. The fourth-order valence-corrected chi connectivity index (χ4v) is 3.75. The highest BCUT2D eigenvalue weighted by molar-refractivity contribution is 6.38. The first-order valence-corrected chi connectivity index (χ1v) is 11.4. The molecule has 0 saturated heterocycles. The Morgan fingerprint density at radius 2 is 1.81 bits per heavy atom. The first kappa shape index (κ1) is 23.8. The van der Waals surface area contributed by atoms with Gasteiger partial charge in [-0.15, -0.1) is 0 Å². The molecule has 0 spiro atoms. The molecule has 1 unspecified atom stereocenters. The summed E-state index contributed by atoms with van der Waals surface area (Å²) in [5.41, 5.74) is 8.42. The average molecular weight is 466 g/mol. The Labute approximate surface area is 192 Å². The number of halogens is 2. The highest BCUT2D eigenvalue weighted by atomic mass is 35.5. The molecule has 0 saturated carbocycles. The van der Waals surface area contributed by atoms with E-state index in [1.54, 1.807) is 12.1 Å². The minimum absolute atomic E-state index is 0.336. The Hall–Kier alpha value is -1.83. The van der Waals surface area contributed by atoms with E-state index in [2.05, 4.69) is 10.3 Å². The Bertz CT molecular complexity index is 908. The van der Waals surface area contributed by atoms with Crippen molar-refractivity contribution in [1.29, 1.82) is 0 Å². The summed E-state index contributed by atoms with van der Waals surface area (Å²) in [7, 11) is 0. The number of aliphatic hydroxyl groups is 1. The quantitative estimate of drug-likeness (QED) is 0.238. The van der Waals surface area contributed by atoms with Crippen LogP contribution in [0.4, 0.5) is 5.69 Å². The lowest BCUT2D eigenvalue weighted by Gasteiger charge is -2.14. The topological polar surface area (TPSA) is 93.5 Å². The van der Waals surface area contributed by atoms with Crippen molar-refractivity contribution in [3.63, 3.8) is 0 Å². The van der Waals surface area contributed by atoms with Gasteiger partial charge in [0, 0.05) is 19.6 Å². The summed E-state index contributed by atoms with van der Waals surface area (Å²) in [5, 5.41) is 14.2. The SMILES string of the molecule is Nc1c(Cl)cc(C(O)CNCCCCCCOCCc2nc3ccccc3o2)cc1Cl. The number of nitrogens with two attached hydrogens (primary N) is 1. The maximum absolute atomic E-state index is 10.3. The zero-order chi connectivity index (χ0) is 22.1. The second-order valence-electron chi connectivity index (χ2n) is 7.47. The van der Waals surface area contributed by atoms with Crippen LogP contribution in [-0.2, 0) is 11.2 Å². The number of unbranched alkanes of at least 4 members (excludes halogenated alkanes) is 3. The molecule has 0 bridgehead atoms. The molecule has 31 heavy (non-hydrogen) atoms. The van der Waals surface area contributed by atoms with Crippen LogP contribution in [0.2, 0.25) is 10.0 Å². The van der Waals surface area contributed by atoms with Crippen LogP contribution in [0.1, 0.15) is 43.2 Å². The Morgan fingerprint density at radius 1 is 1.06 bits per heavy atom. The van der Waals surface area contributed by atoms with E-state index in [-0.39, 0.29) is 0 Å². The number of rotatable bonds is 13. The van der Waals surface area contributed by atoms with Crippen LogP contribution >= 0.6 is 23.2 Å². The van der Waals surface area contributed by atoms with Gasteiger partial charge in [-0.1, -0.05) is 48.2 Å². The molecule has 168 valence electrons. The van der Waals surface area contributed by atoms with Crippen molar-refractivity contribution in [1.82, 2.24) is 10.3 Å². The second kappa shape index (κ2) is 12.3. The van der Waals surface area contributed by atoms with Crippen LogP contribution in [-0.4, -0.2) is 36.4 Å². The normalized spacial score (nSPS) is 12.5. The van der Waals surface area contributed by atoms with Gasteiger partial charge < -0.3 is 25.3 Å². The van der Waals surface area contributed by atoms with Gasteiger partial charge in [0.1, 0.15) is 5.52 Å². The zero-order valence-corrected chi connectivity index (χ0v) is 19.0. The summed E-state index contributed by atoms with van der Waals surface area (Å²) >= 11 is 12.0. The Balaban J connectivity index is 1.18. The van der Waals surface area contributed by atoms with Crippen molar-refractivity contribution >= 4 is 40.0 Å². The molecule has 1 atom stereocenters. The Morgan fingerprint density at radius 3 is 2.58 bits per heavy atom. The molecule has 1 aromatic heterocycles. The van der Waals surface area contributed by atoms with Gasteiger partial charge in [-0.25, -0.2) is 4.98 Å². The molecular formula is C23H29Cl2N3O3. The van der Waals surface area contributed by atoms with Gasteiger partial charge in [0.05, 0.1) is 28.4 Å². The zero-order valence-electron chi connectivity index (χ0n) is 17.4. The predicted octanol–water partition coefficient (Wildman–Crippen LogP) is 5.16. The monoisotopic (exact) mass is 465 g/mol. The molecule has 0 aliphatic heterocycles. The number of para-hydroxylation sites is 2. The van der Waals surface area contributed by atoms with Crippen molar-refractivity contribution in [3.8, 4) is 0 Å². The lowest BCUT2D eigenvalue weighted by Crippen LogP contribution is -2.22. The molecule has 2 aromatic carbocycles. The van der Waals surface area contributed by atoms with Crippen molar-refractivity contribution < 1.29 is 14.3 Å². The summed E-state index contributed by atoms with van der Waals surface area (Å²) < 4.78 is 11.4. The van der Waals surface area contributed by atoms with Crippen LogP contribution in [0.3, 0.4) is 0 Å². The molecule has 1 heterocycles. The number of fused-ring (bicyclic) bond motifs is 1. The fourth-order valence-electron chi connectivity index (χ4n) is 3.25. The van der Waals surface area contributed by atoms with Gasteiger partial charge in [0.2, 0.25) is 0 Å². The molecule has 0 amide bonds. The first-order chi connectivity index (χ1) is 15.0. The van der Waals surface area contributed by atoms with E-state index in [1.807, 2.05) is 24.3 Å². The van der Waals surface area contributed by atoms with E-state index in [0.717, 1.165) is 55.8 Å². The molecule has 0 aliphatic carbocycles. The van der Waals surface area contributed by atoms with Crippen LogP contribution in [0, 0.1) is 0 Å². The standard InChI is InChI=1S/C23H29Cl2N3O3/c24-17-13-16(14-18(25)23(17)26)20(29)15-27-10-5-1-2-6-11-30-12-9-22-28-19-7-3-4-8-21(19)31-22/h3-4,7-8,13-14,20,27,29H,1-2,5-6,9-12,15,26H2. The van der Waals surface area contributed by atoms with Crippen molar-refractivity contribution in [2.45, 2.75) is 38.2 Å². The van der Waals surface area contributed by atoms with Gasteiger partial charge in [0.25, 0.3) is 0 Å². The number of ether oxygens (including phenoxy) is 1. The first-order valence-electron chi connectivity index (χ1n) is 10.6. The van der Waals surface area contributed by atoms with E-state index in [9.17, 15) is 5.11 Å². The number of nitrogens with zero attached hydrogens (tertiary/aromatic N) is 1. The number of aromatic nitrogens is 1. The molecule has 4 N–H and O–H groups in total. The summed E-state index contributed by atoms with van der Waals surface area (Å²) in [6.07, 6.45) is 4.29. The molecule has 6 nitrogen and oxygen atoms in total. The lowest BCUT2D eigenvalue weighted by atomic mass is 10.1. The molecule has 0 fully saturated rings. The van der Waals surface area contributed by atoms with Crippen molar-refractivity contribution in [2.75, 3.05) is 32.0 Å². The number of hydrogen-bond donors (Lipinski definition) is 3. The number of anilines is 1. The van der Waals surface area contributed by atoms with E-state index >= 15 is 0 Å². The van der Waals surface area contributed by atoms with E-state index in [4.69, 9.17) is 38.1 Å².